The Labute approximate surface area is 240 Å². The monoisotopic (exact) mass is 611 g/mol. The fourth-order valence-electron chi connectivity index (χ4n) is 4.19. The number of alkyl halides is 3. The lowest BCUT2D eigenvalue weighted by Gasteiger charge is -2.26. The molecule has 3 heterocycles. The molecular formula is C25H22Cl2F3N7O4. The van der Waals surface area contributed by atoms with Crippen LogP contribution in [-0.2, 0) is 17.8 Å². The summed E-state index contributed by atoms with van der Waals surface area (Å²) in [5, 5.41) is 19.0. The summed E-state index contributed by atoms with van der Waals surface area (Å²) in [6.07, 6.45) is -7.79. The fraction of sp³-hybridized carbons (Fsp3) is 0.320. The van der Waals surface area contributed by atoms with E-state index in [-0.39, 0.29) is 28.1 Å². The van der Waals surface area contributed by atoms with Gasteiger partial charge in [0.1, 0.15) is 6.54 Å². The second-order valence-electron chi connectivity index (χ2n) is 9.06. The van der Waals surface area contributed by atoms with Crippen LogP contribution in [0.25, 0.3) is 17.1 Å². The van der Waals surface area contributed by atoms with Crippen molar-refractivity contribution in [2.75, 3.05) is 26.3 Å². The van der Waals surface area contributed by atoms with Gasteiger partial charge in [-0.1, -0.05) is 35.3 Å². The quantitative estimate of drug-likeness (QED) is 0.341. The summed E-state index contributed by atoms with van der Waals surface area (Å²) in [4.78, 5) is 32.6. The topological polar surface area (TPSA) is 120 Å². The number of halogens is 5. The van der Waals surface area contributed by atoms with Gasteiger partial charge < -0.3 is 14.7 Å². The number of rotatable bonds is 7. The van der Waals surface area contributed by atoms with E-state index in [4.69, 9.17) is 27.9 Å². The Balaban J connectivity index is 1.56. The van der Waals surface area contributed by atoms with Gasteiger partial charge in [-0.2, -0.15) is 13.2 Å². The van der Waals surface area contributed by atoms with Gasteiger partial charge in [-0.25, -0.2) is 19.1 Å². The highest BCUT2D eigenvalue weighted by Gasteiger charge is 2.39. The van der Waals surface area contributed by atoms with Crippen molar-refractivity contribution < 1.29 is 27.8 Å². The molecule has 1 saturated heterocycles. The standard InChI is InChI=1S/C25H22Cl2F3N7O4/c26-16-7-5-15(6-8-16)21-33-36(24(40)35(21)13-19(38)25(28,29)30)14-20-31-22(23(39)34-9-11-41-12-10-34)37(32-20)18-4-2-1-3-17(18)27/h1-8,19,38H,9-14H2/t19-/m0/s1. The smallest absolute Gasteiger partial charge is 0.382 e. The molecule has 5 rings (SSSR count). The molecule has 16 heteroatoms. The number of morpholine rings is 1. The zero-order valence-electron chi connectivity index (χ0n) is 21.1. The number of hydrogen-bond acceptors (Lipinski definition) is 7. The highest BCUT2D eigenvalue weighted by Crippen LogP contribution is 2.25. The number of para-hydroxylation sites is 1. The lowest BCUT2D eigenvalue weighted by Crippen LogP contribution is -2.41. The Kier molecular flexibility index (Phi) is 8.18. The van der Waals surface area contributed by atoms with E-state index >= 15 is 0 Å². The number of hydrogen-bond donors (Lipinski definition) is 1. The molecule has 0 aliphatic carbocycles. The Hall–Kier alpha value is -3.72. The summed E-state index contributed by atoms with van der Waals surface area (Å²) in [6, 6.07) is 12.6. The lowest BCUT2D eigenvalue weighted by molar-refractivity contribution is -0.207. The number of nitrogens with zero attached hydrogens (tertiary/aromatic N) is 7. The number of amides is 1. The van der Waals surface area contributed by atoms with Crippen LogP contribution in [0.4, 0.5) is 13.2 Å². The Morgan fingerprint density at radius 3 is 2.39 bits per heavy atom. The number of carbonyl (C=O) groups is 1. The van der Waals surface area contributed by atoms with E-state index in [1.165, 1.54) is 28.9 Å². The molecule has 4 aromatic rings. The molecule has 1 N–H and O–H groups in total. The van der Waals surface area contributed by atoms with Crippen molar-refractivity contribution in [3.63, 3.8) is 0 Å². The van der Waals surface area contributed by atoms with Gasteiger partial charge in [0.2, 0.25) is 5.82 Å². The highest BCUT2D eigenvalue weighted by atomic mass is 35.5. The third-order valence-electron chi connectivity index (χ3n) is 6.27. The maximum Gasteiger partial charge on any atom is 0.416 e. The molecule has 1 atom stereocenters. The lowest BCUT2D eigenvalue weighted by atomic mass is 10.2. The van der Waals surface area contributed by atoms with Gasteiger partial charge >= 0.3 is 11.9 Å². The SMILES string of the molecule is O=C(c1nc(Cn2nc(-c3ccc(Cl)cc3)n(C[C@H](O)C(F)(F)F)c2=O)nn1-c1ccccc1Cl)N1CCOCC1. The molecule has 1 fully saturated rings. The summed E-state index contributed by atoms with van der Waals surface area (Å²) in [7, 11) is 0. The normalized spacial score (nSPS) is 14.8. The molecule has 0 bridgehead atoms. The van der Waals surface area contributed by atoms with E-state index in [1.54, 1.807) is 29.2 Å². The van der Waals surface area contributed by atoms with Crippen LogP contribution in [-0.4, -0.2) is 83.6 Å². The number of carbonyl (C=O) groups excluding carboxylic acids is 1. The minimum atomic E-state index is -4.97. The Morgan fingerprint density at radius 1 is 1.05 bits per heavy atom. The molecule has 0 radical (unpaired) electrons. The second kappa shape index (κ2) is 11.6. The van der Waals surface area contributed by atoms with E-state index in [2.05, 4.69) is 15.2 Å². The van der Waals surface area contributed by atoms with Gasteiger partial charge in [0.15, 0.2) is 17.8 Å². The first-order chi connectivity index (χ1) is 19.5. The van der Waals surface area contributed by atoms with Gasteiger partial charge in [0, 0.05) is 23.7 Å². The largest absolute Gasteiger partial charge is 0.416 e. The van der Waals surface area contributed by atoms with Gasteiger partial charge in [-0.05, 0) is 36.4 Å². The number of ether oxygens (including phenoxy) is 1. The van der Waals surface area contributed by atoms with E-state index in [0.717, 1.165) is 4.68 Å². The molecule has 2 aromatic carbocycles. The second-order valence-corrected chi connectivity index (χ2v) is 9.90. The third-order valence-corrected chi connectivity index (χ3v) is 6.84. The minimum absolute atomic E-state index is 0.0210. The first kappa shape index (κ1) is 28.8. The van der Waals surface area contributed by atoms with Crippen LogP contribution in [0.5, 0.6) is 0 Å². The van der Waals surface area contributed by atoms with Crippen molar-refractivity contribution in [1.29, 1.82) is 0 Å². The average molecular weight is 612 g/mol. The molecular weight excluding hydrogens is 590 g/mol. The molecule has 0 saturated carbocycles. The van der Waals surface area contributed by atoms with Crippen LogP contribution in [0.1, 0.15) is 16.4 Å². The van der Waals surface area contributed by atoms with Crippen molar-refractivity contribution in [2.45, 2.75) is 25.4 Å². The van der Waals surface area contributed by atoms with Crippen LogP contribution >= 0.6 is 23.2 Å². The number of aliphatic hydroxyl groups excluding tert-OH is 1. The zero-order chi connectivity index (χ0) is 29.3. The summed E-state index contributed by atoms with van der Waals surface area (Å²) in [5.74, 6) is -0.676. The fourth-order valence-corrected chi connectivity index (χ4v) is 4.53. The number of benzene rings is 2. The van der Waals surface area contributed by atoms with Crippen molar-refractivity contribution in [2.24, 2.45) is 0 Å². The van der Waals surface area contributed by atoms with Gasteiger partial charge in [-0.3, -0.25) is 9.36 Å². The van der Waals surface area contributed by atoms with Crippen LogP contribution in [0.2, 0.25) is 10.0 Å². The van der Waals surface area contributed by atoms with Crippen molar-refractivity contribution >= 4 is 29.1 Å². The summed E-state index contributed by atoms with van der Waals surface area (Å²) < 4.78 is 47.7. The van der Waals surface area contributed by atoms with Crippen LogP contribution in [0.3, 0.4) is 0 Å². The van der Waals surface area contributed by atoms with Crippen molar-refractivity contribution in [3.8, 4) is 17.1 Å². The molecule has 11 nitrogen and oxygen atoms in total. The van der Waals surface area contributed by atoms with E-state index in [0.29, 0.717) is 41.6 Å². The van der Waals surface area contributed by atoms with E-state index in [9.17, 15) is 27.9 Å². The van der Waals surface area contributed by atoms with Gasteiger partial charge in [-0.15, -0.1) is 10.2 Å². The summed E-state index contributed by atoms with van der Waals surface area (Å²) >= 11 is 12.3. The zero-order valence-corrected chi connectivity index (χ0v) is 22.6. The number of aromatic nitrogens is 6. The molecule has 0 spiro atoms. The molecule has 41 heavy (non-hydrogen) atoms. The molecule has 1 aliphatic rings. The maximum atomic E-state index is 13.4. The van der Waals surface area contributed by atoms with Crippen molar-refractivity contribution in [3.05, 3.63) is 80.7 Å². The highest BCUT2D eigenvalue weighted by molar-refractivity contribution is 6.32. The molecule has 1 amide bonds. The van der Waals surface area contributed by atoms with Crippen LogP contribution < -0.4 is 5.69 Å². The Morgan fingerprint density at radius 2 is 1.73 bits per heavy atom. The van der Waals surface area contributed by atoms with Gasteiger partial charge in [0.25, 0.3) is 5.91 Å². The van der Waals surface area contributed by atoms with Crippen molar-refractivity contribution in [1.82, 2.24) is 34.0 Å². The minimum Gasteiger partial charge on any atom is -0.382 e. The molecule has 0 unspecified atom stereocenters. The first-order valence-electron chi connectivity index (χ1n) is 12.3. The van der Waals surface area contributed by atoms with Crippen LogP contribution in [0, 0.1) is 0 Å². The number of aliphatic hydroxyl groups is 1. The predicted octanol–water partition coefficient (Wildman–Crippen LogP) is 3.04. The van der Waals surface area contributed by atoms with Gasteiger partial charge in [0.05, 0.1) is 30.5 Å². The first-order valence-corrected chi connectivity index (χ1v) is 13.0. The van der Waals surface area contributed by atoms with E-state index in [1.807, 2.05) is 0 Å². The average Bonchev–Trinajstić information content (AvgIpc) is 3.50. The molecule has 216 valence electrons. The molecule has 2 aromatic heterocycles. The maximum absolute atomic E-state index is 13.4. The molecule has 1 aliphatic heterocycles. The predicted molar refractivity (Wildman–Crippen MR) is 141 cm³/mol. The third kappa shape index (κ3) is 6.15. The van der Waals surface area contributed by atoms with E-state index < -0.39 is 37.0 Å². The Bertz CT molecular complexity index is 1610. The summed E-state index contributed by atoms with van der Waals surface area (Å²) in [5.41, 5.74) is -0.302. The summed E-state index contributed by atoms with van der Waals surface area (Å²) in [6.45, 7) is -0.122. The van der Waals surface area contributed by atoms with Crippen LogP contribution in [0.15, 0.2) is 53.3 Å².